The van der Waals surface area contributed by atoms with E-state index in [-0.39, 0.29) is 5.78 Å². The van der Waals surface area contributed by atoms with Crippen LogP contribution < -0.4 is 0 Å². The minimum Gasteiger partial charge on any atom is -0.360 e. The fourth-order valence-electron chi connectivity index (χ4n) is 2.26. The predicted octanol–water partition coefficient (Wildman–Crippen LogP) is 3.43. The molecule has 4 heteroatoms. The lowest BCUT2D eigenvalue weighted by Crippen LogP contribution is -1.99. The number of fused-ring (bicyclic) bond motifs is 3. The zero-order valence-electron chi connectivity index (χ0n) is 9.29. The van der Waals surface area contributed by atoms with Gasteiger partial charge in [-0.2, -0.15) is 0 Å². The monoisotopic (exact) mass is 247 g/mol. The first-order valence-corrected chi connectivity index (χ1v) is 5.83. The molecule has 0 fully saturated rings. The van der Waals surface area contributed by atoms with Crippen molar-refractivity contribution in [2.45, 2.75) is 19.8 Å². The zero-order chi connectivity index (χ0) is 12.0. The molecule has 0 saturated heterocycles. The van der Waals surface area contributed by atoms with E-state index in [2.05, 4.69) is 5.16 Å². The van der Waals surface area contributed by atoms with Gasteiger partial charge >= 0.3 is 0 Å². The molecule has 0 radical (unpaired) electrons. The Kier molecular flexibility index (Phi) is 2.30. The molecular formula is C13H10ClNO2. The van der Waals surface area contributed by atoms with Crippen molar-refractivity contribution < 1.29 is 9.32 Å². The first kappa shape index (κ1) is 10.5. The van der Waals surface area contributed by atoms with E-state index in [9.17, 15) is 4.79 Å². The Morgan fingerprint density at radius 2 is 2.12 bits per heavy atom. The molecule has 1 aromatic heterocycles. The second-order valence-corrected chi connectivity index (χ2v) is 4.62. The Morgan fingerprint density at radius 3 is 2.94 bits per heavy atom. The van der Waals surface area contributed by atoms with Gasteiger partial charge in [-0.3, -0.25) is 4.79 Å². The molecular weight excluding hydrogens is 238 g/mol. The maximum atomic E-state index is 12.0. The van der Waals surface area contributed by atoms with E-state index < -0.39 is 0 Å². The van der Waals surface area contributed by atoms with Crippen molar-refractivity contribution >= 4 is 17.4 Å². The third kappa shape index (κ3) is 1.58. The summed E-state index contributed by atoms with van der Waals surface area (Å²) in [6.45, 7) is 1.89. The van der Waals surface area contributed by atoms with E-state index in [0.29, 0.717) is 23.4 Å². The fourth-order valence-corrected chi connectivity index (χ4v) is 2.43. The summed E-state index contributed by atoms with van der Waals surface area (Å²) in [6.07, 6.45) is 1.04. The van der Waals surface area contributed by atoms with Crippen LogP contribution in [0.1, 0.15) is 28.2 Å². The van der Waals surface area contributed by atoms with E-state index in [4.69, 9.17) is 16.1 Å². The number of Topliss-reactive ketones (excluding diaryl/α,β-unsaturated/α-hetero) is 1. The van der Waals surface area contributed by atoms with Gasteiger partial charge < -0.3 is 4.52 Å². The smallest absolute Gasteiger partial charge is 0.164 e. The van der Waals surface area contributed by atoms with E-state index in [1.54, 1.807) is 12.1 Å². The van der Waals surface area contributed by atoms with Crippen molar-refractivity contribution in [2.75, 3.05) is 0 Å². The number of halogens is 1. The molecule has 1 aliphatic carbocycles. The predicted molar refractivity (Wildman–Crippen MR) is 64.3 cm³/mol. The highest BCUT2D eigenvalue weighted by molar-refractivity contribution is 6.31. The molecule has 0 bridgehead atoms. The van der Waals surface area contributed by atoms with Crippen LogP contribution in [0.4, 0.5) is 0 Å². The SMILES string of the molecule is Cc1noc2c1-c1ccc(Cl)cc1C(=O)CC2. The number of ketones is 1. The summed E-state index contributed by atoms with van der Waals surface area (Å²) in [4.78, 5) is 12.0. The topological polar surface area (TPSA) is 43.1 Å². The van der Waals surface area contributed by atoms with Crippen LogP contribution in [-0.4, -0.2) is 10.9 Å². The first-order valence-electron chi connectivity index (χ1n) is 5.45. The maximum absolute atomic E-state index is 12.0. The zero-order valence-corrected chi connectivity index (χ0v) is 10.0. The standard InChI is InChI=1S/C13H10ClNO2/c1-7-13-9-3-2-8(14)6-10(9)11(16)4-5-12(13)17-15-7/h2-3,6H,4-5H2,1H3. The lowest BCUT2D eigenvalue weighted by atomic mass is 9.98. The van der Waals surface area contributed by atoms with Gasteiger partial charge in [0.25, 0.3) is 0 Å². The van der Waals surface area contributed by atoms with Gasteiger partial charge in [-0.25, -0.2) is 0 Å². The third-order valence-corrected chi connectivity index (χ3v) is 3.30. The molecule has 17 heavy (non-hydrogen) atoms. The van der Waals surface area contributed by atoms with Gasteiger partial charge in [-0.1, -0.05) is 22.8 Å². The van der Waals surface area contributed by atoms with Gasteiger partial charge in [0.1, 0.15) is 5.76 Å². The molecule has 0 aliphatic heterocycles. The van der Waals surface area contributed by atoms with Crippen LogP contribution in [0.5, 0.6) is 0 Å². The maximum Gasteiger partial charge on any atom is 0.164 e. The van der Waals surface area contributed by atoms with Crippen LogP contribution in [-0.2, 0) is 6.42 Å². The van der Waals surface area contributed by atoms with E-state index in [0.717, 1.165) is 22.6 Å². The Labute approximate surface area is 103 Å². The van der Waals surface area contributed by atoms with Crippen molar-refractivity contribution in [3.05, 3.63) is 40.2 Å². The van der Waals surface area contributed by atoms with Crippen molar-refractivity contribution in [1.82, 2.24) is 5.16 Å². The van der Waals surface area contributed by atoms with E-state index in [1.165, 1.54) is 0 Å². The second kappa shape index (κ2) is 3.70. The summed E-state index contributed by atoms with van der Waals surface area (Å²) in [5.41, 5.74) is 3.31. The number of nitrogens with zero attached hydrogens (tertiary/aromatic N) is 1. The Hall–Kier alpha value is -1.61. The number of carbonyl (C=O) groups excluding carboxylic acids is 1. The average molecular weight is 248 g/mol. The number of hydrogen-bond donors (Lipinski definition) is 0. The van der Waals surface area contributed by atoms with Crippen LogP contribution in [0, 0.1) is 6.92 Å². The number of hydrogen-bond acceptors (Lipinski definition) is 3. The molecule has 0 atom stereocenters. The summed E-state index contributed by atoms with van der Waals surface area (Å²) in [6, 6.07) is 5.37. The molecule has 0 amide bonds. The minimum atomic E-state index is 0.105. The van der Waals surface area contributed by atoms with Crippen LogP contribution in [0.2, 0.25) is 5.02 Å². The average Bonchev–Trinajstić information content (AvgIpc) is 2.61. The first-order chi connectivity index (χ1) is 8.16. The van der Waals surface area contributed by atoms with E-state index in [1.807, 2.05) is 13.0 Å². The third-order valence-electron chi connectivity index (χ3n) is 3.06. The molecule has 2 aromatic rings. The molecule has 0 saturated carbocycles. The normalized spacial score (nSPS) is 14.1. The molecule has 0 spiro atoms. The minimum absolute atomic E-state index is 0.105. The number of aryl methyl sites for hydroxylation is 2. The van der Waals surface area contributed by atoms with E-state index >= 15 is 0 Å². The van der Waals surface area contributed by atoms with Crippen LogP contribution in [0.3, 0.4) is 0 Å². The van der Waals surface area contributed by atoms with Crippen LogP contribution in [0.25, 0.3) is 11.1 Å². The van der Waals surface area contributed by atoms with Gasteiger partial charge in [-0.05, 0) is 24.6 Å². The van der Waals surface area contributed by atoms with Crippen molar-refractivity contribution in [3.8, 4) is 11.1 Å². The van der Waals surface area contributed by atoms with Crippen molar-refractivity contribution in [2.24, 2.45) is 0 Å². The Morgan fingerprint density at radius 1 is 1.29 bits per heavy atom. The lowest BCUT2D eigenvalue weighted by Gasteiger charge is -2.05. The quantitative estimate of drug-likeness (QED) is 0.716. The number of rotatable bonds is 0. The van der Waals surface area contributed by atoms with Gasteiger partial charge in [0, 0.05) is 29.0 Å². The molecule has 1 aliphatic rings. The molecule has 0 unspecified atom stereocenters. The highest BCUT2D eigenvalue weighted by Crippen LogP contribution is 2.35. The number of benzene rings is 1. The summed E-state index contributed by atoms with van der Waals surface area (Å²) < 4.78 is 5.27. The molecule has 3 nitrogen and oxygen atoms in total. The lowest BCUT2D eigenvalue weighted by molar-refractivity contribution is 0.0982. The van der Waals surface area contributed by atoms with Crippen LogP contribution in [0.15, 0.2) is 22.7 Å². The second-order valence-electron chi connectivity index (χ2n) is 4.18. The Bertz CT molecular complexity index is 616. The summed E-state index contributed by atoms with van der Waals surface area (Å²) in [5, 5.41) is 4.55. The number of aromatic nitrogens is 1. The van der Waals surface area contributed by atoms with Crippen molar-refractivity contribution in [3.63, 3.8) is 0 Å². The highest BCUT2D eigenvalue weighted by atomic mass is 35.5. The molecule has 1 aromatic carbocycles. The highest BCUT2D eigenvalue weighted by Gasteiger charge is 2.25. The number of carbonyl (C=O) groups is 1. The molecule has 0 N–H and O–H groups in total. The molecule has 3 rings (SSSR count). The largest absolute Gasteiger partial charge is 0.360 e. The molecule has 86 valence electrons. The van der Waals surface area contributed by atoms with Gasteiger partial charge in [0.05, 0.1) is 5.69 Å². The summed E-state index contributed by atoms with van der Waals surface area (Å²) in [7, 11) is 0. The van der Waals surface area contributed by atoms with Gasteiger partial charge in [0.15, 0.2) is 5.78 Å². The Balaban J connectivity index is 2.34. The summed E-state index contributed by atoms with van der Waals surface area (Å²) >= 11 is 5.94. The fraction of sp³-hybridized carbons (Fsp3) is 0.231. The summed E-state index contributed by atoms with van der Waals surface area (Å²) in [5.74, 6) is 0.894. The van der Waals surface area contributed by atoms with Gasteiger partial charge in [-0.15, -0.1) is 0 Å². The van der Waals surface area contributed by atoms with Crippen LogP contribution >= 0.6 is 11.6 Å². The van der Waals surface area contributed by atoms with Gasteiger partial charge in [0.2, 0.25) is 0 Å². The van der Waals surface area contributed by atoms with Crippen molar-refractivity contribution in [1.29, 1.82) is 0 Å². The molecule has 1 heterocycles.